The van der Waals surface area contributed by atoms with E-state index in [0.29, 0.717) is 23.9 Å². The first kappa shape index (κ1) is 23.3. The highest BCUT2D eigenvalue weighted by molar-refractivity contribution is 7.19. The lowest BCUT2D eigenvalue weighted by Gasteiger charge is -2.36. The second-order valence-electron chi connectivity index (χ2n) is 11.2. The van der Waals surface area contributed by atoms with Crippen LogP contribution in [0.15, 0.2) is 22.8 Å². The van der Waals surface area contributed by atoms with Crippen LogP contribution in [-0.4, -0.2) is 47.0 Å². The van der Waals surface area contributed by atoms with Crippen molar-refractivity contribution < 1.29 is 9.21 Å². The minimum absolute atomic E-state index is 0.252. The van der Waals surface area contributed by atoms with Gasteiger partial charge in [0.05, 0.1) is 11.6 Å². The smallest absolute Gasteiger partial charge is 0.222 e. The number of aromatic nitrogens is 2. The Morgan fingerprint density at radius 1 is 1.15 bits per heavy atom. The molecule has 1 aliphatic carbocycles. The van der Waals surface area contributed by atoms with Gasteiger partial charge in [-0.25, -0.2) is 9.97 Å². The number of aryl methyl sites for hydroxylation is 2. The van der Waals surface area contributed by atoms with Crippen LogP contribution in [0, 0.1) is 11.3 Å². The first-order valence-corrected chi connectivity index (χ1v) is 13.5. The number of fused-ring (bicyclic) bond motifs is 3. The largest absolute Gasteiger partial charge is 0.461 e. The Labute approximate surface area is 206 Å². The maximum absolute atomic E-state index is 13.0. The summed E-state index contributed by atoms with van der Waals surface area (Å²) in [5.41, 5.74) is 1.70. The summed E-state index contributed by atoms with van der Waals surface area (Å²) in [6.07, 6.45) is 8.10. The zero-order valence-electron chi connectivity index (χ0n) is 20.9. The van der Waals surface area contributed by atoms with Crippen molar-refractivity contribution in [2.45, 2.75) is 66.2 Å². The number of anilines is 1. The third kappa shape index (κ3) is 4.85. The van der Waals surface area contributed by atoms with Crippen molar-refractivity contribution in [2.24, 2.45) is 11.3 Å². The Hall–Kier alpha value is -2.41. The van der Waals surface area contributed by atoms with Crippen LogP contribution in [0.25, 0.3) is 21.8 Å². The molecule has 3 aromatic heterocycles. The number of amides is 1. The van der Waals surface area contributed by atoms with Gasteiger partial charge in [-0.3, -0.25) is 4.79 Å². The molecule has 4 heterocycles. The van der Waals surface area contributed by atoms with E-state index >= 15 is 0 Å². The normalized spacial score (nSPS) is 17.8. The Kier molecular flexibility index (Phi) is 6.40. The predicted octanol–water partition coefficient (Wildman–Crippen LogP) is 5.94. The fourth-order valence-corrected chi connectivity index (χ4v) is 6.85. The van der Waals surface area contributed by atoms with E-state index in [1.54, 1.807) is 6.26 Å². The van der Waals surface area contributed by atoms with Gasteiger partial charge in [0.1, 0.15) is 10.6 Å². The zero-order chi connectivity index (χ0) is 23.9. The molecule has 0 spiro atoms. The SMILES string of the molecule is CC(CC(=O)N1CCN(c2nc(-c3ccco3)nc3sc4c(c23)CCCC4)CC1)CC(C)(C)C. The molecular formula is C27H36N4O2S. The second-order valence-corrected chi connectivity index (χ2v) is 12.3. The molecule has 0 saturated carbocycles. The van der Waals surface area contributed by atoms with Crippen molar-refractivity contribution in [2.75, 3.05) is 31.1 Å². The van der Waals surface area contributed by atoms with E-state index in [1.165, 1.54) is 28.7 Å². The molecule has 1 atom stereocenters. The van der Waals surface area contributed by atoms with Crippen LogP contribution in [-0.2, 0) is 17.6 Å². The summed E-state index contributed by atoms with van der Waals surface area (Å²) in [6.45, 7) is 12.0. The fourth-order valence-electron chi connectivity index (χ4n) is 5.60. The number of furan rings is 1. The first-order valence-electron chi connectivity index (χ1n) is 12.7. The van der Waals surface area contributed by atoms with Gasteiger partial charge in [0.15, 0.2) is 11.6 Å². The fraction of sp³-hybridized carbons (Fsp3) is 0.593. The van der Waals surface area contributed by atoms with Gasteiger partial charge in [-0.15, -0.1) is 11.3 Å². The van der Waals surface area contributed by atoms with E-state index in [9.17, 15) is 4.79 Å². The third-order valence-corrected chi connectivity index (χ3v) is 8.14. The molecule has 6 nitrogen and oxygen atoms in total. The maximum Gasteiger partial charge on any atom is 0.222 e. The molecule has 2 aliphatic rings. The molecule has 0 aromatic carbocycles. The Morgan fingerprint density at radius 3 is 2.62 bits per heavy atom. The topological polar surface area (TPSA) is 62.5 Å². The highest BCUT2D eigenvalue weighted by Crippen LogP contribution is 2.41. The molecule has 0 radical (unpaired) electrons. The summed E-state index contributed by atoms with van der Waals surface area (Å²) in [7, 11) is 0. The minimum atomic E-state index is 0.252. The van der Waals surface area contributed by atoms with Crippen LogP contribution in [0.3, 0.4) is 0 Å². The van der Waals surface area contributed by atoms with Crippen molar-refractivity contribution in [3.8, 4) is 11.6 Å². The number of carbonyl (C=O) groups is 1. The lowest BCUT2D eigenvalue weighted by molar-refractivity contribution is -0.132. The van der Waals surface area contributed by atoms with E-state index in [-0.39, 0.29) is 11.3 Å². The number of hydrogen-bond donors (Lipinski definition) is 0. The van der Waals surface area contributed by atoms with Gasteiger partial charge >= 0.3 is 0 Å². The van der Waals surface area contributed by atoms with Crippen molar-refractivity contribution in [1.29, 1.82) is 0 Å². The number of hydrogen-bond acceptors (Lipinski definition) is 6. The summed E-state index contributed by atoms with van der Waals surface area (Å²) in [6, 6.07) is 3.81. The number of thiophene rings is 1. The van der Waals surface area contributed by atoms with Crippen LogP contribution in [0.1, 0.15) is 63.8 Å². The van der Waals surface area contributed by atoms with Gasteiger partial charge in [0.2, 0.25) is 5.91 Å². The lowest BCUT2D eigenvalue weighted by atomic mass is 9.84. The van der Waals surface area contributed by atoms with E-state index in [2.05, 4.69) is 32.6 Å². The molecule has 0 bridgehead atoms. The van der Waals surface area contributed by atoms with Crippen LogP contribution < -0.4 is 4.90 Å². The van der Waals surface area contributed by atoms with Gasteiger partial charge in [0, 0.05) is 37.5 Å². The summed E-state index contributed by atoms with van der Waals surface area (Å²) < 4.78 is 5.64. The summed E-state index contributed by atoms with van der Waals surface area (Å²) in [5, 5.41) is 1.23. The number of nitrogens with zero attached hydrogens (tertiary/aromatic N) is 4. The van der Waals surface area contributed by atoms with Crippen molar-refractivity contribution in [1.82, 2.24) is 14.9 Å². The maximum atomic E-state index is 13.0. The van der Waals surface area contributed by atoms with E-state index < -0.39 is 0 Å². The molecule has 5 rings (SSSR count). The first-order chi connectivity index (χ1) is 16.3. The van der Waals surface area contributed by atoms with Gasteiger partial charge in [-0.2, -0.15) is 0 Å². The van der Waals surface area contributed by atoms with Crippen LogP contribution in [0.5, 0.6) is 0 Å². The summed E-state index contributed by atoms with van der Waals surface area (Å²) >= 11 is 1.82. The van der Waals surface area contributed by atoms with E-state index in [4.69, 9.17) is 14.4 Å². The van der Waals surface area contributed by atoms with Gasteiger partial charge in [-0.05, 0) is 61.1 Å². The van der Waals surface area contributed by atoms with E-state index in [0.717, 1.165) is 56.1 Å². The molecule has 3 aromatic rings. The van der Waals surface area contributed by atoms with Crippen LogP contribution in [0.4, 0.5) is 5.82 Å². The number of rotatable bonds is 5. The highest BCUT2D eigenvalue weighted by atomic mass is 32.1. The standard InChI is InChI=1S/C27H36N4O2S/c1-18(17-27(2,3)4)16-22(32)30-11-13-31(14-12-30)25-23-19-8-5-6-10-21(19)34-26(23)29-24(28-25)20-9-7-15-33-20/h7,9,15,18H,5-6,8,10-14,16-17H2,1-4H3. The Bertz CT molecular complexity index is 1150. The van der Waals surface area contributed by atoms with Crippen LogP contribution in [0.2, 0.25) is 0 Å². The molecule has 1 unspecified atom stereocenters. The molecule has 1 fully saturated rings. The molecule has 0 N–H and O–H groups in total. The lowest BCUT2D eigenvalue weighted by Crippen LogP contribution is -2.49. The Balaban J connectivity index is 1.37. The van der Waals surface area contributed by atoms with Crippen molar-refractivity contribution in [3.05, 3.63) is 28.8 Å². The quantitative estimate of drug-likeness (QED) is 0.452. The average molecular weight is 481 g/mol. The predicted molar refractivity (Wildman–Crippen MR) is 138 cm³/mol. The Morgan fingerprint density at radius 2 is 1.91 bits per heavy atom. The van der Waals surface area contributed by atoms with Crippen LogP contribution >= 0.6 is 11.3 Å². The molecule has 1 aliphatic heterocycles. The monoisotopic (exact) mass is 480 g/mol. The van der Waals surface area contributed by atoms with E-state index in [1.807, 2.05) is 28.4 Å². The molecule has 182 valence electrons. The molecule has 34 heavy (non-hydrogen) atoms. The van der Waals surface area contributed by atoms with Gasteiger partial charge < -0.3 is 14.2 Å². The molecule has 7 heteroatoms. The summed E-state index contributed by atoms with van der Waals surface area (Å²) in [4.78, 5) is 29.9. The van der Waals surface area contributed by atoms with Crippen molar-refractivity contribution in [3.63, 3.8) is 0 Å². The molecular weight excluding hydrogens is 444 g/mol. The summed E-state index contributed by atoms with van der Waals surface area (Å²) in [5.74, 6) is 3.06. The molecule has 1 saturated heterocycles. The molecule has 1 amide bonds. The highest BCUT2D eigenvalue weighted by Gasteiger charge is 2.29. The minimum Gasteiger partial charge on any atom is -0.461 e. The van der Waals surface area contributed by atoms with Crippen molar-refractivity contribution >= 4 is 33.3 Å². The third-order valence-electron chi connectivity index (χ3n) is 6.95. The second kappa shape index (κ2) is 9.33. The van der Waals surface area contributed by atoms with Gasteiger partial charge in [0.25, 0.3) is 0 Å². The zero-order valence-corrected chi connectivity index (χ0v) is 21.7. The average Bonchev–Trinajstić information content (AvgIpc) is 3.45. The number of piperazine rings is 1. The number of carbonyl (C=O) groups excluding carboxylic acids is 1. The van der Waals surface area contributed by atoms with Gasteiger partial charge in [-0.1, -0.05) is 27.7 Å².